The van der Waals surface area contributed by atoms with E-state index in [1.807, 2.05) is 30.3 Å². The highest BCUT2D eigenvalue weighted by Gasteiger charge is 2.32. The Morgan fingerprint density at radius 3 is 2.48 bits per heavy atom. The molecular weight excluding hydrogens is 348 g/mol. The fraction of sp³-hybridized carbons (Fsp3) is 0.421. The van der Waals surface area contributed by atoms with Crippen LogP contribution in [0.3, 0.4) is 0 Å². The minimum absolute atomic E-state index is 0.0399. The lowest BCUT2D eigenvalue weighted by Gasteiger charge is -2.40. The zero-order valence-corrected chi connectivity index (χ0v) is 15.5. The number of benzene rings is 1. The molecular formula is C19H24N4O4. The zero-order chi connectivity index (χ0) is 19.6. The van der Waals surface area contributed by atoms with Gasteiger partial charge in [-0.3, -0.25) is 23.6 Å². The Morgan fingerprint density at radius 1 is 1.11 bits per heavy atom. The Labute approximate surface area is 156 Å². The molecule has 1 aliphatic rings. The van der Waals surface area contributed by atoms with Crippen LogP contribution in [-0.2, 0) is 20.6 Å². The summed E-state index contributed by atoms with van der Waals surface area (Å²) >= 11 is 0. The van der Waals surface area contributed by atoms with Gasteiger partial charge in [0.2, 0.25) is 0 Å². The fourth-order valence-electron chi connectivity index (χ4n) is 3.41. The van der Waals surface area contributed by atoms with E-state index in [0.717, 1.165) is 11.1 Å². The third-order valence-corrected chi connectivity index (χ3v) is 5.03. The van der Waals surface area contributed by atoms with E-state index >= 15 is 0 Å². The summed E-state index contributed by atoms with van der Waals surface area (Å²) < 4.78 is 2.13. The Kier molecular flexibility index (Phi) is 5.57. The monoisotopic (exact) mass is 372 g/mol. The molecule has 1 aromatic heterocycles. The number of hydrogen-bond acceptors (Lipinski definition) is 5. The molecule has 1 atom stereocenters. The quantitative estimate of drug-likeness (QED) is 0.775. The van der Waals surface area contributed by atoms with Crippen LogP contribution >= 0.6 is 0 Å². The third-order valence-electron chi connectivity index (χ3n) is 5.03. The summed E-state index contributed by atoms with van der Waals surface area (Å²) in [6.07, 6.45) is 0. The lowest BCUT2D eigenvalue weighted by atomic mass is 10.1. The van der Waals surface area contributed by atoms with Gasteiger partial charge in [0.15, 0.2) is 0 Å². The third kappa shape index (κ3) is 3.86. The van der Waals surface area contributed by atoms with E-state index in [2.05, 4.69) is 4.90 Å². The molecule has 8 heteroatoms. The molecule has 8 nitrogen and oxygen atoms in total. The number of carbonyl (C=O) groups is 1. The van der Waals surface area contributed by atoms with E-state index in [0.29, 0.717) is 19.6 Å². The van der Waals surface area contributed by atoms with Crippen LogP contribution in [0.15, 0.2) is 46.0 Å². The van der Waals surface area contributed by atoms with Gasteiger partial charge < -0.3 is 10.0 Å². The lowest BCUT2D eigenvalue weighted by Crippen LogP contribution is -2.57. The molecule has 0 unspecified atom stereocenters. The van der Waals surface area contributed by atoms with E-state index in [4.69, 9.17) is 0 Å². The van der Waals surface area contributed by atoms with Crippen LogP contribution in [0.25, 0.3) is 0 Å². The molecule has 1 aromatic carbocycles. The zero-order valence-electron chi connectivity index (χ0n) is 15.5. The molecule has 1 saturated heterocycles. The van der Waals surface area contributed by atoms with Crippen molar-refractivity contribution in [2.24, 2.45) is 14.1 Å². The maximum absolute atomic E-state index is 13.0. The second-order valence-corrected chi connectivity index (χ2v) is 6.82. The van der Waals surface area contributed by atoms with Gasteiger partial charge in [-0.25, -0.2) is 4.79 Å². The fourth-order valence-corrected chi connectivity index (χ4v) is 3.41. The molecule has 0 radical (unpaired) electrons. The number of carbonyl (C=O) groups excluding carboxylic acids is 1. The van der Waals surface area contributed by atoms with Crippen LogP contribution in [0.4, 0.5) is 0 Å². The summed E-state index contributed by atoms with van der Waals surface area (Å²) in [6, 6.07) is 10.8. The van der Waals surface area contributed by atoms with E-state index in [-0.39, 0.29) is 12.3 Å². The van der Waals surface area contributed by atoms with Crippen LogP contribution < -0.4 is 11.2 Å². The molecule has 0 saturated carbocycles. The molecule has 1 N–H and O–H groups in total. The Hall–Kier alpha value is -2.71. The topological polar surface area (TPSA) is 87.8 Å². The number of aromatic nitrogens is 2. The minimum atomic E-state index is -0.547. The smallest absolute Gasteiger partial charge is 0.331 e. The second kappa shape index (κ2) is 7.89. The summed E-state index contributed by atoms with van der Waals surface area (Å²) in [5, 5.41) is 9.81. The summed E-state index contributed by atoms with van der Waals surface area (Å²) in [6.45, 7) is 2.14. The van der Waals surface area contributed by atoms with E-state index < -0.39 is 23.2 Å². The lowest BCUT2D eigenvalue weighted by molar-refractivity contribution is 0.0273. The van der Waals surface area contributed by atoms with Crippen LogP contribution in [0.2, 0.25) is 0 Å². The molecule has 0 bridgehead atoms. The molecule has 3 rings (SSSR count). The van der Waals surface area contributed by atoms with Crippen LogP contribution in [0.5, 0.6) is 0 Å². The number of nitrogens with zero attached hydrogens (tertiary/aromatic N) is 4. The van der Waals surface area contributed by atoms with Crippen LogP contribution in [0.1, 0.15) is 16.1 Å². The van der Waals surface area contributed by atoms with Crippen molar-refractivity contribution in [1.29, 1.82) is 0 Å². The normalized spacial score (nSPS) is 17.9. The van der Waals surface area contributed by atoms with Crippen LogP contribution in [-0.4, -0.2) is 62.2 Å². The van der Waals surface area contributed by atoms with Gasteiger partial charge in [-0.1, -0.05) is 30.3 Å². The maximum Gasteiger partial charge on any atom is 0.331 e. The predicted octanol–water partition coefficient (Wildman–Crippen LogP) is -0.597. The number of aliphatic hydroxyl groups is 1. The first-order valence-corrected chi connectivity index (χ1v) is 8.87. The largest absolute Gasteiger partial charge is 0.394 e. The first-order chi connectivity index (χ1) is 12.9. The highest BCUT2D eigenvalue weighted by atomic mass is 16.3. The molecule has 1 aliphatic heterocycles. The van der Waals surface area contributed by atoms with Gasteiger partial charge in [-0.05, 0) is 5.56 Å². The highest BCUT2D eigenvalue weighted by molar-refractivity contribution is 5.92. The first-order valence-electron chi connectivity index (χ1n) is 8.87. The van der Waals surface area contributed by atoms with Crippen molar-refractivity contribution in [3.63, 3.8) is 0 Å². The highest BCUT2D eigenvalue weighted by Crippen LogP contribution is 2.15. The van der Waals surface area contributed by atoms with Gasteiger partial charge in [0, 0.05) is 46.3 Å². The van der Waals surface area contributed by atoms with Gasteiger partial charge in [-0.2, -0.15) is 0 Å². The van der Waals surface area contributed by atoms with Crippen molar-refractivity contribution in [3.8, 4) is 0 Å². The summed E-state index contributed by atoms with van der Waals surface area (Å²) in [4.78, 5) is 40.7. The standard InChI is InChI=1S/C19H24N4O4/c1-20-16(10-17(25)21(2)19(20)27)18(26)23-9-8-22(12-15(23)13-24)11-14-6-4-3-5-7-14/h3-7,10,15,24H,8-9,11-13H2,1-2H3/t15-/m0/s1. The van der Waals surface area contributed by atoms with Crippen molar-refractivity contribution in [2.45, 2.75) is 12.6 Å². The van der Waals surface area contributed by atoms with Crippen molar-refractivity contribution in [3.05, 3.63) is 68.5 Å². The Balaban J connectivity index is 1.79. The van der Waals surface area contributed by atoms with E-state index in [1.54, 1.807) is 4.90 Å². The molecule has 0 spiro atoms. The summed E-state index contributed by atoms with van der Waals surface area (Å²) in [7, 11) is 2.84. The summed E-state index contributed by atoms with van der Waals surface area (Å²) in [5.74, 6) is -0.411. The number of aliphatic hydroxyl groups excluding tert-OH is 1. The van der Waals surface area contributed by atoms with E-state index in [9.17, 15) is 19.5 Å². The van der Waals surface area contributed by atoms with Crippen molar-refractivity contribution >= 4 is 5.91 Å². The molecule has 2 aromatic rings. The number of piperazine rings is 1. The van der Waals surface area contributed by atoms with Gasteiger partial charge >= 0.3 is 5.69 Å². The predicted molar refractivity (Wildman–Crippen MR) is 101 cm³/mol. The molecule has 144 valence electrons. The average Bonchev–Trinajstić information content (AvgIpc) is 2.69. The molecule has 2 heterocycles. The number of amides is 1. The Morgan fingerprint density at radius 2 is 1.81 bits per heavy atom. The van der Waals surface area contributed by atoms with Crippen molar-refractivity contribution in [1.82, 2.24) is 18.9 Å². The number of hydrogen-bond donors (Lipinski definition) is 1. The molecule has 0 aliphatic carbocycles. The van der Waals surface area contributed by atoms with Gasteiger partial charge in [-0.15, -0.1) is 0 Å². The SMILES string of the molecule is Cn1c(C(=O)N2CCN(Cc3ccccc3)C[C@H]2CO)cc(=O)n(C)c1=O. The first kappa shape index (κ1) is 19.1. The summed E-state index contributed by atoms with van der Waals surface area (Å²) in [5.41, 5.74) is 0.139. The van der Waals surface area contributed by atoms with E-state index in [1.165, 1.54) is 30.3 Å². The average molecular weight is 372 g/mol. The molecule has 1 amide bonds. The minimum Gasteiger partial charge on any atom is -0.394 e. The van der Waals surface area contributed by atoms with Gasteiger partial charge in [0.1, 0.15) is 5.69 Å². The maximum atomic E-state index is 13.0. The van der Waals surface area contributed by atoms with Crippen molar-refractivity contribution < 1.29 is 9.90 Å². The van der Waals surface area contributed by atoms with Crippen LogP contribution in [0, 0.1) is 0 Å². The second-order valence-electron chi connectivity index (χ2n) is 6.82. The Bertz CT molecular complexity index is 935. The van der Waals surface area contributed by atoms with Gasteiger partial charge in [0.05, 0.1) is 12.6 Å². The molecule has 1 fully saturated rings. The van der Waals surface area contributed by atoms with Gasteiger partial charge in [0.25, 0.3) is 11.5 Å². The van der Waals surface area contributed by atoms with Crippen molar-refractivity contribution in [2.75, 3.05) is 26.2 Å². The molecule has 27 heavy (non-hydrogen) atoms. The number of rotatable bonds is 4.